The molecule has 5 heteroatoms. The van der Waals surface area contributed by atoms with Crippen LogP contribution >= 0.6 is 11.3 Å². The molecule has 1 saturated heterocycles. The van der Waals surface area contributed by atoms with Gasteiger partial charge in [-0.05, 0) is 36.3 Å². The lowest BCUT2D eigenvalue weighted by Crippen LogP contribution is -2.44. The number of nitrogens with zero attached hydrogens (tertiary/aromatic N) is 1. The summed E-state index contributed by atoms with van der Waals surface area (Å²) in [5.74, 6) is 0.225. The Balaban J connectivity index is 1.48. The third kappa shape index (κ3) is 3.16. The van der Waals surface area contributed by atoms with Gasteiger partial charge in [0.2, 0.25) is 5.91 Å². The molecule has 1 aromatic heterocycles. The molecule has 0 aromatic carbocycles. The van der Waals surface area contributed by atoms with Crippen LogP contribution in [0.3, 0.4) is 0 Å². The molecule has 0 saturated carbocycles. The van der Waals surface area contributed by atoms with Gasteiger partial charge in [-0.1, -0.05) is 0 Å². The van der Waals surface area contributed by atoms with Crippen LogP contribution in [-0.4, -0.2) is 43.2 Å². The van der Waals surface area contributed by atoms with Crippen LogP contribution in [0, 0.1) is 0 Å². The van der Waals surface area contributed by atoms with Crippen molar-refractivity contribution in [3.63, 3.8) is 0 Å². The van der Waals surface area contributed by atoms with E-state index in [0.717, 1.165) is 45.6 Å². The molecule has 0 aliphatic carbocycles. The van der Waals surface area contributed by atoms with E-state index in [2.05, 4.69) is 16.8 Å². The van der Waals surface area contributed by atoms with Crippen molar-refractivity contribution in [2.75, 3.05) is 26.3 Å². The smallest absolute Gasteiger partial charge is 0.236 e. The molecule has 1 N–H and O–H groups in total. The number of carbonyl (C=O) groups excluding carboxylic acids is 1. The summed E-state index contributed by atoms with van der Waals surface area (Å²) in [4.78, 5) is 15.6. The first-order chi connectivity index (χ1) is 9.33. The van der Waals surface area contributed by atoms with Crippen molar-refractivity contribution in [2.24, 2.45) is 0 Å². The maximum atomic E-state index is 12.2. The summed E-state index contributed by atoms with van der Waals surface area (Å²) in [6, 6.07) is 2.59. The van der Waals surface area contributed by atoms with Crippen LogP contribution < -0.4 is 5.32 Å². The molecule has 0 unspecified atom stereocenters. The summed E-state index contributed by atoms with van der Waals surface area (Å²) in [7, 11) is 0. The van der Waals surface area contributed by atoms with Gasteiger partial charge in [-0.3, -0.25) is 4.79 Å². The highest BCUT2D eigenvalue weighted by Crippen LogP contribution is 2.23. The highest BCUT2D eigenvalue weighted by molar-refractivity contribution is 7.10. The second-order valence-electron chi connectivity index (χ2n) is 5.20. The minimum absolute atomic E-state index is 0.225. The van der Waals surface area contributed by atoms with Gasteiger partial charge in [0.15, 0.2) is 0 Å². The van der Waals surface area contributed by atoms with Crippen molar-refractivity contribution in [1.82, 2.24) is 10.2 Å². The second kappa shape index (κ2) is 6.03. The monoisotopic (exact) mass is 280 g/mol. The molecule has 1 fully saturated rings. The molecule has 1 amide bonds. The van der Waals surface area contributed by atoms with Gasteiger partial charge in [0.1, 0.15) is 0 Å². The summed E-state index contributed by atoms with van der Waals surface area (Å²) in [6.45, 7) is 3.74. The van der Waals surface area contributed by atoms with Crippen LogP contribution in [0.4, 0.5) is 0 Å². The normalized spacial score (nSPS) is 20.3. The first-order valence-electron chi connectivity index (χ1n) is 6.97. The fourth-order valence-electron chi connectivity index (χ4n) is 2.71. The average molecular weight is 280 g/mol. The predicted molar refractivity (Wildman–Crippen MR) is 75.3 cm³/mol. The Morgan fingerprint density at radius 2 is 2.32 bits per heavy atom. The number of fused-ring (bicyclic) bond motifs is 1. The molecule has 3 heterocycles. The lowest BCUT2D eigenvalue weighted by Gasteiger charge is -2.29. The zero-order chi connectivity index (χ0) is 13.1. The van der Waals surface area contributed by atoms with E-state index in [1.54, 1.807) is 0 Å². The number of ether oxygens (including phenoxy) is 1. The molecule has 0 bridgehead atoms. The van der Waals surface area contributed by atoms with Gasteiger partial charge in [0.25, 0.3) is 0 Å². The molecular weight excluding hydrogens is 260 g/mol. The van der Waals surface area contributed by atoms with E-state index in [1.807, 2.05) is 16.2 Å². The predicted octanol–water partition coefficient (Wildman–Crippen LogP) is 1.40. The third-order valence-electron chi connectivity index (χ3n) is 3.92. The minimum atomic E-state index is 0.225. The number of thiophene rings is 1. The number of rotatable bonds is 3. The van der Waals surface area contributed by atoms with E-state index < -0.39 is 0 Å². The van der Waals surface area contributed by atoms with Gasteiger partial charge in [-0.2, -0.15) is 0 Å². The molecule has 0 radical (unpaired) electrons. The van der Waals surface area contributed by atoms with Crippen molar-refractivity contribution in [3.8, 4) is 0 Å². The van der Waals surface area contributed by atoms with Gasteiger partial charge in [-0.25, -0.2) is 0 Å². The zero-order valence-corrected chi connectivity index (χ0v) is 11.9. The molecule has 0 atom stereocenters. The molecule has 19 heavy (non-hydrogen) atoms. The summed E-state index contributed by atoms with van der Waals surface area (Å²) >= 11 is 1.81. The topological polar surface area (TPSA) is 41.6 Å². The van der Waals surface area contributed by atoms with Crippen LogP contribution in [0.1, 0.15) is 23.3 Å². The van der Waals surface area contributed by atoms with Gasteiger partial charge in [0, 0.05) is 37.2 Å². The maximum Gasteiger partial charge on any atom is 0.236 e. The Morgan fingerprint density at radius 1 is 1.47 bits per heavy atom. The van der Waals surface area contributed by atoms with E-state index in [9.17, 15) is 4.79 Å². The van der Waals surface area contributed by atoms with Crippen molar-refractivity contribution in [3.05, 3.63) is 21.9 Å². The Bertz CT molecular complexity index is 440. The number of nitrogens with one attached hydrogen (secondary N) is 1. The van der Waals surface area contributed by atoms with E-state index in [0.29, 0.717) is 12.6 Å². The van der Waals surface area contributed by atoms with Crippen molar-refractivity contribution >= 4 is 17.2 Å². The first kappa shape index (κ1) is 13.1. The fourth-order valence-corrected chi connectivity index (χ4v) is 3.60. The summed E-state index contributed by atoms with van der Waals surface area (Å²) in [5.41, 5.74) is 1.33. The van der Waals surface area contributed by atoms with Crippen LogP contribution in [0.2, 0.25) is 0 Å². The molecular formula is C14H20N2O2S. The van der Waals surface area contributed by atoms with Crippen LogP contribution in [0.5, 0.6) is 0 Å². The standard InChI is InChI=1S/C14H20N2O2S/c17-14(9-15-12-2-6-18-7-3-12)16-5-1-13-11(10-16)4-8-19-13/h4,8,12,15H,1-3,5-7,9-10H2. The number of hydrogen-bond acceptors (Lipinski definition) is 4. The molecule has 0 spiro atoms. The fraction of sp³-hybridized carbons (Fsp3) is 0.643. The van der Waals surface area contributed by atoms with E-state index in [-0.39, 0.29) is 5.91 Å². The Labute approximate surface area is 117 Å². The molecule has 2 aliphatic heterocycles. The Morgan fingerprint density at radius 3 is 3.16 bits per heavy atom. The van der Waals surface area contributed by atoms with Gasteiger partial charge in [0.05, 0.1) is 6.54 Å². The molecule has 3 rings (SSSR count). The quantitative estimate of drug-likeness (QED) is 0.910. The summed E-state index contributed by atoms with van der Waals surface area (Å²) < 4.78 is 5.32. The number of hydrogen-bond donors (Lipinski definition) is 1. The van der Waals surface area contributed by atoms with Crippen LogP contribution in [0.15, 0.2) is 11.4 Å². The van der Waals surface area contributed by atoms with Gasteiger partial charge in [-0.15, -0.1) is 11.3 Å². The largest absolute Gasteiger partial charge is 0.381 e. The molecule has 2 aliphatic rings. The van der Waals surface area contributed by atoms with Gasteiger partial charge < -0.3 is 15.0 Å². The zero-order valence-electron chi connectivity index (χ0n) is 11.1. The average Bonchev–Trinajstić information content (AvgIpc) is 2.93. The second-order valence-corrected chi connectivity index (χ2v) is 6.20. The summed E-state index contributed by atoms with van der Waals surface area (Å²) in [6.07, 6.45) is 3.04. The highest BCUT2D eigenvalue weighted by Gasteiger charge is 2.22. The highest BCUT2D eigenvalue weighted by atomic mass is 32.1. The third-order valence-corrected chi connectivity index (χ3v) is 4.95. The minimum Gasteiger partial charge on any atom is -0.381 e. The Kier molecular flexibility index (Phi) is 4.15. The van der Waals surface area contributed by atoms with Crippen LogP contribution in [-0.2, 0) is 22.5 Å². The number of carbonyl (C=O) groups is 1. The van der Waals surface area contributed by atoms with E-state index in [4.69, 9.17) is 4.74 Å². The van der Waals surface area contributed by atoms with E-state index in [1.165, 1.54) is 10.4 Å². The Hall–Kier alpha value is -0.910. The number of amides is 1. The van der Waals surface area contributed by atoms with Crippen LogP contribution in [0.25, 0.3) is 0 Å². The van der Waals surface area contributed by atoms with Crippen molar-refractivity contribution in [2.45, 2.75) is 31.8 Å². The first-order valence-corrected chi connectivity index (χ1v) is 7.85. The maximum absolute atomic E-state index is 12.2. The van der Waals surface area contributed by atoms with E-state index >= 15 is 0 Å². The molecule has 104 valence electrons. The lowest BCUT2D eigenvalue weighted by molar-refractivity contribution is -0.131. The SMILES string of the molecule is O=C(CNC1CCOCC1)N1CCc2sccc2C1. The lowest BCUT2D eigenvalue weighted by atomic mass is 10.1. The van der Waals surface area contributed by atoms with Crippen molar-refractivity contribution < 1.29 is 9.53 Å². The molecule has 1 aromatic rings. The van der Waals surface area contributed by atoms with Crippen molar-refractivity contribution in [1.29, 1.82) is 0 Å². The summed E-state index contributed by atoms with van der Waals surface area (Å²) in [5, 5.41) is 5.49. The molecule has 4 nitrogen and oxygen atoms in total. The van der Waals surface area contributed by atoms with Gasteiger partial charge >= 0.3 is 0 Å².